The second-order valence-corrected chi connectivity index (χ2v) is 5.16. The zero-order valence-corrected chi connectivity index (χ0v) is 12.3. The molecular weight excluding hydrogens is 311 g/mol. The van der Waals surface area contributed by atoms with Gasteiger partial charge in [0.15, 0.2) is 5.65 Å². The van der Waals surface area contributed by atoms with Gasteiger partial charge in [-0.3, -0.25) is 4.79 Å². The summed E-state index contributed by atoms with van der Waals surface area (Å²) in [6, 6.07) is 10.8. The monoisotopic (exact) mass is 320 g/mol. The number of imidazole rings is 1. The fourth-order valence-corrected chi connectivity index (χ4v) is 2.36. The van der Waals surface area contributed by atoms with Crippen molar-refractivity contribution in [2.45, 2.75) is 6.54 Å². The highest BCUT2D eigenvalue weighted by Gasteiger charge is 2.15. The molecule has 106 valence electrons. The van der Waals surface area contributed by atoms with Crippen LogP contribution < -0.4 is 5.32 Å². The van der Waals surface area contributed by atoms with Gasteiger partial charge in [-0.05, 0) is 24.3 Å². The maximum Gasteiger partial charge on any atom is 0.207 e. The zero-order chi connectivity index (χ0) is 14.8. The molecule has 5 nitrogen and oxygen atoms in total. The highest BCUT2D eigenvalue weighted by atomic mass is 35.5. The van der Waals surface area contributed by atoms with Crippen molar-refractivity contribution in [1.82, 2.24) is 19.9 Å². The molecule has 3 rings (SSSR count). The molecule has 0 saturated heterocycles. The van der Waals surface area contributed by atoms with Crippen LogP contribution in [-0.4, -0.2) is 21.0 Å². The minimum absolute atomic E-state index is 0.302. The molecule has 1 N–H and O–H groups in total. The Kier molecular flexibility index (Phi) is 3.77. The van der Waals surface area contributed by atoms with Crippen molar-refractivity contribution in [3.8, 4) is 11.3 Å². The van der Waals surface area contributed by atoms with Crippen LogP contribution in [0.4, 0.5) is 0 Å². The van der Waals surface area contributed by atoms with E-state index in [1.54, 1.807) is 28.8 Å². The third-order valence-electron chi connectivity index (χ3n) is 3.01. The third-order valence-corrected chi connectivity index (χ3v) is 3.46. The molecule has 3 aromatic rings. The van der Waals surface area contributed by atoms with Gasteiger partial charge in [-0.15, -0.1) is 0 Å². The summed E-state index contributed by atoms with van der Waals surface area (Å²) in [5.74, 6) is 0. The number of hydrogen-bond donors (Lipinski definition) is 1. The van der Waals surface area contributed by atoms with Crippen molar-refractivity contribution in [2.75, 3.05) is 0 Å². The summed E-state index contributed by atoms with van der Waals surface area (Å²) >= 11 is 11.8. The molecule has 0 aliphatic heterocycles. The molecule has 7 heteroatoms. The molecule has 0 spiro atoms. The summed E-state index contributed by atoms with van der Waals surface area (Å²) in [5, 5.41) is 7.87. The van der Waals surface area contributed by atoms with Crippen LogP contribution >= 0.6 is 23.2 Å². The van der Waals surface area contributed by atoms with Crippen LogP contribution in [0.15, 0.2) is 36.4 Å². The van der Waals surface area contributed by atoms with E-state index in [2.05, 4.69) is 15.4 Å². The lowest BCUT2D eigenvalue weighted by Gasteiger charge is -2.04. The molecule has 0 saturated carbocycles. The first-order valence-electron chi connectivity index (χ1n) is 6.16. The minimum Gasteiger partial charge on any atom is -0.353 e. The quantitative estimate of drug-likeness (QED) is 0.752. The van der Waals surface area contributed by atoms with Gasteiger partial charge < -0.3 is 5.32 Å². The molecule has 0 aliphatic rings. The molecule has 21 heavy (non-hydrogen) atoms. The summed E-state index contributed by atoms with van der Waals surface area (Å²) in [5.41, 5.74) is 3.04. The van der Waals surface area contributed by atoms with E-state index in [0.717, 1.165) is 17.0 Å². The number of carbonyl (C=O) groups is 1. The van der Waals surface area contributed by atoms with Crippen molar-refractivity contribution in [3.05, 3.63) is 52.3 Å². The SMILES string of the molecule is O=CNCc1c(-c2ccc(Cl)cc2)nc2ccc(Cl)nn12. The number of halogens is 2. The van der Waals surface area contributed by atoms with Gasteiger partial charge in [0.25, 0.3) is 0 Å². The highest BCUT2D eigenvalue weighted by molar-refractivity contribution is 6.30. The number of nitrogens with one attached hydrogen (secondary N) is 1. The first-order chi connectivity index (χ1) is 10.2. The Morgan fingerprint density at radius 1 is 1.14 bits per heavy atom. The van der Waals surface area contributed by atoms with Crippen LogP contribution in [0.5, 0.6) is 0 Å². The van der Waals surface area contributed by atoms with Gasteiger partial charge in [0.2, 0.25) is 6.41 Å². The van der Waals surface area contributed by atoms with Gasteiger partial charge in [0.05, 0.1) is 17.9 Å². The number of benzene rings is 1. The number of hydrogen-bond acceptors (Lipinski definition) is 3. The summed E-state index contributed by atoms with van der Waals surface area (Å²) in [6.45, 7) is 0.302. The molecule has 0 atom stereocenters. The number of carbonyl (C=O) groups excluding carboxylic acids is 1. The molecule has 0 radical (unpaired) electrons. The van der Waals surface area contributed by atoms with Gasteiger partial charge in [0.1, 0.15) is 5.15 Å². The van der Waals surface area contributed by atoms with E-state index >= 15 is 0 Å². The van der Waals surface area contributed by atoms with Gasteiger partial charge >= 0.3 is 0 Å². The topological polar surface area (TPSA) is 59.3 Å². The largest absolute Gasteiger partial charge is 0.353 e. The van der Waals surface area contributed by atoms with E-state index in [9.17, 15) is 4.79 Å². The Morgan fingerprint density at radius 2 is 1.90 bits per heavy atom. The second kappa shape index (κ2) is 5.71. The average Bonchev–Trinajstić information content (AvgIpc) is 2.83. The zero-order valence-electron chi connectivity index (χ0n) is 10.8. The lowest BCUT2D eigenvalue weighted by molar-refractivity contribution is -0.109. The standard InChI is InChI=1S/C14H10Cl2N4O/c15-10-3-1-9(2-4-10)14-11(7-17-8-21)20-13(18-14)6-5-12(16)19-20/h1-6,8H,7H2,(H,17,21). The number of amides is 1. The number of rotatable bonds is 4. The molecule has 2 heterocycles. The first kappa shape index (κ1) is 13.9. The normalized spacial score (nSPS) is 10.8. The smallest absolute Gasteiger partial charge is 0.207 e. The lowest BCUT2D eigenvalue weighted by atomic mass is 10.1. The van der Waals surface area contributed by atoms with E-state index in [1.807, 2.05) is 12.1 Å². The third kappa shape index (κ3) is 2.70. The Morgan fingerprint density at radius 3 is 2.62 bits per heavy atom. The predicted molar refractivity (Wildman–Crippen MR) is 81.3 cm³/mol. The molecular formula is C14H10Cl2N4O. The van der Waals surface area contributed by atoms with Crippen molar-refractivity contribution in [2.24, 2.45) is 0 Å². The van der Waals surface area contributed by atoms with E-state index in [1.165, 1.54) is 0 Å². The molecule has 1 amide bonds. The van der Waals surface area contributed by atoms with Crippen LogP contribution in [0, 0.1) is 0 Å². The van der Waals surface area contributed by atoms with Crippen molar-refractivity contribution in [3.63, 3.8) is 0 Å². The van der Waals surface area contributed by atoms with Crippen LogP contribution in [0.25, 0.3) is 16.9 Å². The summed E-state index contributed by atoms with van der Waals surface area (Å²) < 4.78 is 1.63. The maximum atomic E-state index is 10.6. The minimum atomic E-state index is 0.302. The van der Waals surface area contributed by atoms with Gasteiger partial charge in [0, 0.05) is 10.6 Å². The summed E-state index contributed by atoms with van der Waals surface area (Å²) in [4.78, 5) is 15.1. The Bertz CT molecular complexity index is 799. The Balaban J connectivity index is 2.20. The molecule has 0 aliphatic carbocycles. The maximum absolute atomic E-state index is 10.6. The van der Waals surface area contributed by atoms with E-state index < -0.39 is 0 Å². The van der Waals surface area contributed by atoms with Crippen molar-refractivity contribution < 1.29 is 4.79 Å². The van der Waals surface area contributed by atoms with E-state index in [-0.39, 0.29) is 0 Å². The molecule has 0 bridgehead atoms. The van der Waals surface area contributed by atoms with Gasteiger partial charge in [-0.25, -0.2) is 9.50 Å². The van der Waals surface area contributed by atoms with Crippen molar-refractivity contribution in [1.29, 1.82) is 0 Å². The highest BCUT2D eigenvalue weighted by Crippen LogP contribution is 2.25. The average molecular weight is 321 g/mol. The van der Waals surface area contributed by atoms with Crippen LogP contribution in [-0.2, 0) is 11.3 Å². The van der Waals surface area contributed by atoms with Crippen LogP contribution in [0.2, 0.25) is 10.2 Å². The van der Waals surface area contributed by atoms with Crippen LogP contribution in [0.3, 0.4) is 0 Å². The van der Waals surface area contributed by atoms with Crippen molar-refractivity contribution >= 4 is 35.3 Å². The number of nitrogens with zero attached hydrogens (tertiary/aromatic N) is 3. The van der Waals surface area contributed by atoms with Gasteiger partial charge in [-0.2, -0.15) is 5.10 Å². The van der Waals surface area contributed by atoms with E-state index in [4.69, 9.17) is 23.2 Å². The molecule has 0 unspecified atom stereocenters. The molecule has 2 aromatic heterocycles. The fourth-order valence-electron chi connectivity index (χ4n) is 2.09. The second-order valence-electron chi connectivity index (χ2n) is 4.34. The molecule has 1 aromatic carbocycles. The van der Waals surface area contributed by atoms with E-state index in [0.29, 0.717) is 28.8 Å². The summed E-state index contributed by atoms with van der Waals surface area (Å²) in [6.07, 6.45) is 0.635. The predicted octanol–water partition coefficient (Wildman–Crippen LogP) is 2.95. The number of fused-ring (bicyclic) bond motifs is 1. The Labute approximate surface area is 130 Å². The summed E-state index contributed by atoms with van der Waals surface area (Å²) in [7, 11) is 0. The molecule has 0 fully saturated rings. The fraction of sp³-hybridized carbons (Fsp3) is 0.0714. The van der Waals surface area contributed by atoms with Crippen LogP contribution in [0.1, 0.15) is 5.69 Å². The Hall–Kier alpha value is -2.11. The first-order valence-corrected chi connectivity index (χ1v) is 6.92. The lowest BCUT2D eigenvalue weighted by Crippen LogP contribution is -2.13. The van der Waals surface area contributed by atoms with Gasteiger partial charge in [-0.1, -0.05) is 35.3 Å². The number of aromatic nitrogens is 3.